The number of carbonyl (C=O) groups excluding carboxylic acids is 1. The second kappa shape index (κ2) is 30.6. The van der Waals surface area contributed by atoms with E-state index in [1.807, 2.05) is 6.08 Å². The van der Waals surface area contributed by atoms with Crippen LogP contribution < -0.4 is 5.32 Å². The summed E-state index contributed by atoms with van der Waals surface area (Å²) >= 11 is 0. The lowest BCUT2D eigenvalue weighted by Crippen LogP contribution is -2.50. The summed E-state index contributed by atoms with van der Waals surface area (Å²) in [6.45, 7) is 4.45. The van der Waals surface area contributed by atoms with Crippen LogP contribution in [0.4, 0.5) is 0 Å². The molecule has 0 saturated heterocycles. The van der Waals surface area contributed by atoms with Crippen LogP contribution in [0.3, 0.4) is 0 Å². The number of amides is 1. The third-order valence-electron chi connectivity index (χ3n) is 7.51. The number of aliphatic hydroxyl groups excluding tert-OH is 2. The normalized spacial score (nSPS) is 14.9. The van der Waals surface area contributed by atoms with Gasteiger partial charge in [-0.3, -0.25) is 9.35 Å². The molecule has 4 N–H and O–H groups in total. The average molecular weight is 652 g/mol. The summed E-state index contributed by atoms with van der Waals surface area (Å²) in [5, 5.41) is 23.1. The van der Waals surface area contributed by atoms with Crippen LogP contribution in [0.2, 0.25) is 0 Å². The third-order valence-corrected chi connectivity index (χ3v) is 8.29. The van der Waals surface area contributed by atoms with E-state index in [0.29, 0.717) is 12.8 Å². The van der Waals surface area contributed by atoms with Gasteiger partial charge in [0.1, 0.15) is 6.10 Å². The molecule has 0 spiro atoms. The number of carbonyl (C=O) groups is 1. The van der Waals surface area contributed by atoms with Gasteiger partial charge in [-0.15, -0.1) is 0 Å². The predicted octanol–water partition coefficient (Wildman–Crippen LogP) is 8.70. The molecule has 0 radical (unpaired) electrons. The number of hydrogen-bond acceptors (Lipinski definition) is 5. The van der Waals surface area contributed by atoms with Gasteiger partial charge in [-0.25, -0.2) is 0 Å². The Bertz CT molecular complexity index is 954. The van der Waals surface area contributed by atoms with Crippen molar-refractivity contribution in [2.45, 2.75) is 161 Å². The van der Waals surface area contributed by atoms with Crippen molar-refractivity contribution in [3.63, 3.8) is 0 Å². The number of nitrogens with one attached hydrogen (secondary N) is 1. The van der Waals surface area contributed by atoms with Gasteiger partial charge in [-0.2, -0.15) is 8.42 Å². The van der Waals surface area contributed by atoms with E-state index < -0.39 is 40.0 Å². The standard InChI is InChI=1S/C37H65NO6S/c1-3-5-7-9-11-13-15-17-18-19-20-22-23-25-27-29-31-35(39)34(33-45(42,43)44)38-37(41)36(40)32-30-28-26-24-21-16-14-12-10-8-6-4-2/h17-18,21-24,28-31,34-36,39-40H,3-16,19-20,25-27,32-33H2,1-2H3,(H,38,41)(H,42,43,44)/b18-17+,23-22+,24-21-,30-28-,31-29+. The average Bonchev–Trinajstić information content (AvgIpc) is 3.00. The smallest absolute Gasteiger partial charge is 0.267 e. The third kappa shape index (κ3) is 30.4. The van der Waals surface area contributed by atoms with Crippen LogP contribution in [0.25, 0.3) is 0 Å². The number of hydrogen-bond donors (Lipinski definition) is 4. The molecule has 0 aliphatic carbocycles. The van der Waals surface area contributed by atoms with Crippen molar-refractivity contribution < 1.29 is 28.0 Å². The Morgan fingerprint density at radius 2 is 1.07 bits per heavy atom. The maximum absolute atomic E-state index is 12.5. The van der Waals surface area contributed by atoms with Crippen molar-refractivity contribution in [3.05, 3.63) is 60.8 Å². The van der Waals surface area contributed by atoms with Crippen LogP contribution in [-0.2, 0) is 14.9 Å². The van der Waals surface area contributed by atoms with Gasteiger partial charge >= 0.3 is 0 Å². The largest absolute Gasteiger partial charge is 0.387 e. The number of rotatable bonds is 30. The van der Waals surface area contributed by atoms with Gasteiger partial charge in [0.25, 0.3) is 10.1 Å². The Hall–Kier alpha value is -2.00. The van der Waals surface area contributed by atoms with Crippen molar-refractivity contribution in [1.29, 1.82) is 0 Å². The summed E-state index contributed by atoms with van der Waals surface area (Å²) in [4.78, 5) is 12.5. The second-order valence-electron chi connectivity index (χ2n) is 11.9. The van der Waals surface area contributed by atoms with Gasteiger partial charge in [0.15, 0.2) is 0 Å². The monoisotopic (exact) mass is 651 g/mol. The summed E-state index contributed by atoms with van der Waals surface area (Å²) in [5.74, 6) is -1.66. The molecule has 7 nitrogen and oxygen atoms in total. The molecule has 0 rings (SSSR count). The van der Waals surface area contributed by atoms with Gasteiger partial charge in [0.2, 0.25) is 5.91 Å². The second-order valence-corrected chi connectivity index (χ2v) is 13.4. The van der Waals surface area contributed by atoms with Gasteiger partial charge < -0.3 is 15.5 Å². The molecule has 0 fully saturated rings. The Labute approximate surface area is 275 Å². The molecule has 0 aromatic carbocycles. The maximum Gasteiger partial charge on any atom is 0.267 e. The zero-order valence-electron chi connectivity index (χ0n) is 28.3. The zero-order chi connectivity index (χ0) is 33.4. The molecule has 0 aromatic heterocycles. The fourth-order valence-electron chi connectivity index (χ4n) is 4.76. The van der Waals surface area contributed by atoms with Crippen LogP contribution >= 0.6 is 0 Å². The first-order chi connectivity index (χ1) is 21.7. The van der Waals surface area contributed by atoms with Gasteiger partial charge in [0.05, 0.1) is 17.9 Å². The molecule has 260 valence electrons. The Kier molecular flexibility index (Phi) is 29.3. The summed E-state index contributed by atoms with van der Waals surface area (Å²) in [6.07, 6.45) is 38.7. The highest BCUT2D eigenvalue weighted by Gasteiger charge is 2.27. The molecule has 0 saturated carbocycles. The van der Waals surface area contributed by atoms with Crippen molar-refractivity contribution in [2.75, 3.05) is 5.75 Å². The number of aliphatic hydroxyl groups is 2. The highest BCUT2D eigenvalue weighted by Crippen LogP contribution is 2.09. The van der Waals surface area contributed by atoms with E-state index in [1.165, 1.54) is 83.1 Å². The molecule has 0 bridgehead atoms. The SMILES string of the molecule is CCCCCCCC/C=C\C/C=C\CC(O)C(=O)NC(CS(=O)(=O)O)C(O)/C=C/CC/C=C/CC/C=C/CCCCCCCC. The summed E-state index contributed by atoms with van der Waals surface area (Å²) in [5.41, 5.74) is 0. The quantitative estimate of drug-likeness (QED) is 0.0350. The molecule has 1 amide bonds. The minimum Gasteiger partial charge on any atom is -0.387 e. The first-order valence-corrected chi connectivity index (χ1v) is 19.2. The molecule has 3 atom stereocenters. The van der Waals surface area contributed by atoms with Crippen molar-refractivity contribution in [1.82, 2.24) is 5.32 Å². The van der Waals surface area contributed by atoms with E-state index in [9.17, 15) is 28.0 Å². The van der Waals surface area contributed by atoms with Crippen molar-refractivity contribution in [2.24, 2.45) is 0 Å². The summed E-state index contributed by atoms with van der Waals surface area (Å²) in [6, 6.07) is -1.29. The molecule has 3 unspecified atom stereocenters. The van der Waals surface area contributed by atoms with E-state index in [1.54, 1.807) is 12.2 Å². The molecule has 0 aliphatic rings. The molecule has 0 aromatic rings. The molecule has 0 heterocycles. The Morgan fingerprint density at radius 1 is 0.622 bits per heavy atom. The van der Waals surface area contributed by atoms with Crippen LogP contribution in [-0.4, -0.2) is 53.1 Å². The minimum absolute atomic E-state index is 0.0584. The lowest BCUT2D eigenvalue weighted by Gasteiger charge is -2.22. The van der Waals surface area contributed by atoms with E-state index >= 15 is 0 Å². The first kappa shape index (κ1) is 43.0. The zero-order valence-corrected chi connectivity index (χ0v) is 29.1. The maximum atomic E-state index is 12.5. The Balaban J connectivity index is 4.35. The Morgan fingerprint density at radius 3 is 1.60 bits per heavy atom. The fourth-order valence-corrected chi connectivity index (χ4v) is 5.50. The fraction of sp³-hybridized carbons (Fsp3) is 0.703. The highest BCUT2D eigenvalue weighted by atomic mass is 32.2. The van der Waals surface area contributed by atoms with Crippen molar-refractivity contribution >= 4 is 16.0 Å². The van der Waals surface area contributed by atoms with E-state index in [2.05, 4.69) is 55.6 Å². The van der Waals surface area contributed by atoms with Crippen LogP contribution in [0.5, 0.6) is 0 Å². The van der Waals surface area contributed by atoms with E-state index in [0.717, 1.165) is 32.1 Å². The van der Waals surface area contributed by atoms with E-state index in [4.69, 9.17) is 0 Å². The lowest BCUT2D eigenvalue weighted by atomic mass is 10.1. The first-order valence-electron chi connectivity index (χ1n) is 17.6. The summed E-state index contributed by atoms with van der Waals surface area (Å²) < 4.78 is 32.3. The molecule has 8 heteroatoms. The molecule has 0 aliphatic heterocycles. The summed E-state index contributed by atoms with van der Waals surface area (Å²) in [7, 11) is -4.47. The van der Waals surface area contributed by atoms with Crippen LogP contribution in [0.1, 0.15) is 142 Å². The van der Waals surface area contributed by atoms with Gasteiger partial charge in [0, 0.05) is 6.42 Å². The van der Waals surface area contributed by atoms with E-state index in [-0.39, 0.29) is 6.42 Å². The lowest BCUT2D eigenvalue weighted by molar-refractivity contribution is -0.130. The highest BCUT2D eigenvalue weighted by molar-refractivity contribution is 7.85. The minimum atomic E-state index is -4.47. The van der Waals surface area contributed by atoms with Gasteiger partial charge in [-0.05, 0) is 57.8 Å². The predicted molar refractivity (Wildman–Crippen MR) is 190 cm³/mol. The molecular weight excluding hydrogens is 586 g/mol. The topological polar surface area (TPSA) is 124 Å². The number of allylic oxidation sites excluding steroid dienone is 8. The van der Waals surface area contributed by atoms with Crippen LogP contribution in [0.15, 0.2) is 60.8 Å². The number of unbranched alkanes of at least 4 members (excludes halogenated alkanes) is 14. The molecular formula is C37H65NO6S. The molecule has 45 heavy (non-hydrogen) atoms. The van der Waals surface area contributed by atoms with Crippen LogP contribution in [0, 0.1) is 0 Å². The van der Waals surface area contributed by atoms with Crippen molar-refractivity contribution in [3.8, 4) is 0 Å². The van der Waals surface area contributed by atoms with Gasteiger partial charge in [-0.1, -0.05) is 139 Å².